The van der Waals surface area contributed by atoms with E-state index in [0.717, 1.165) is 5.56 Å². The van der Waals surface area contributed by atoms with Crippen LogP contribution in [0.3, 0.4) is 0 Å². The third-order valence-corrected chi connectivity index (χ3v) is 3.47. The van der Waals surface area contributed by atoms with E-state index in [1.54, 1.807) is 12.1 Å². The summed E-state index contributed by atoms with van der Waals surface area (Å²) in [6.07, 6.45) is 0.500. The molecular weight excluding hydrogens is 268 g/mol. The molecular formula is C16H14N2O3. The first-order valence-electron chi connectivity index (χ1n) is 6.63. The SMILES string of the molecule is O=C(O)c1cccc2c1NC(Cc1ccccc1)C(=O)N2. The van der Waals surface area contributed by atoms with Crippen molar-refractivity contribution in [2.24, 2.45) is 0 Å². The maximum atomic E-state index is 12.1. The molecule has 0 fully saturated rings. The van der Waals surface area contributed by atoms with E-state index in [1.165, 1.54) is 6.07 Å². The van der Waals surface area contributed by atoms with Gasteiger partial charge in [-0.2, -0.15) is 0 Å². The monoisotopic (exact) mass is 282 g/mol. The maximum Gasteiger partial charge on any atom is 0.337 e. The van der Waals surface area contributed by atoms with Crippen LogP contribution >= 0.6 is 0 Å². The van der Waals surface area contributed by atoms with Gasteiger partial charge in [0.15, 0.2) is 0 Å². The van der Waals surface area contributed by atoms with E-state index in [0.29, 0.717) is 17.8 Å². The molecule has 1 atom stereocenters. The van der Waals surface area contributed by atoms with Crippen LogP contribution in [0.2, 0.25) is 0 Å². The molecule has 0 bridgehead atoms. The van der Waals surface area contributed by atoms with Gasteiger partial charge < -0.3 is 15.7 Å². The third kappa shape index (κ3) is 2.58. The van der Waals surface area contributed by atoms with Crippen molar-refractivity contribution in [3.63, 3.8) is 0 Å². The van der Waals surface area contributed by atoms with Gasteiger partial charge in [-0.15, -0.1) is 0 Å². The average molecular weight is 282 g/mol. The Morgan fingerprint density at radius 1 is 1.10 bits per heavy atom. The number of amides is 1. The normalized spacial score (nSPS) is 16.6. The number of fused-ring (bicyclic) bond motifs is 1. The van der Waals surface area contributed by atoms with Crippen LogP contribution in [-0.4, -0.2) is 23.0 Å². The standard InChI is InChI=1S/C16H14N2O3/c19-15-13(9-10-5-2-1-3-6-10)17-14-11(16(20)21)7-4-8-12(14)18-15/h1-8,13,17H,9H2,(H,18,19)(H,20,21). The van der Waals surface area contributed by atoms with E-state index in [2.05, 4.69) is 10.6 Å². The Bertz CT molecular complexity index is 698. The predicted molar refractivity (Wildman–Crippen MR) is 79.6 cm³/mol. The number of benzene rings is 2. The lowest BCUT2D eigenvalue weighted by Gasteiger charge is -2.28. The van der Waals surface area contributed by atoms with E-state index < -0.39 is 12.0 Å². The van der Waals surface area contributed by atoms with Gasteiger partial charge in [0, 0.05) is 6.42 Å². The molecule has 0 saturated heterocycles. The first-order valence-corrected chi connectivity index (χ1v) is 6.63. The summed E-state index contributed by atoms with van der Waals surface area (Å²) in [4.78, 5) is 23.4. The highest BCUT2D eigenvalue weighted by molar-refractivity contribution is 6.08. The molecule has 3 rings (SSSR count). The van der Waals surface area contributed by atoms with Gasteiger partial charge >= 0.3 is 5.97 Å². The van der Waals surface area contributed by atoms with Gasteiger partial charge in [-0.25, -0.2) is 4.79 Å². The Morgan fingerprint density at radius 2 is 1.86 bits per heavy atom. The van der Waals surface area contributed by atoms with Crippen molar-refractivity contribution in [2.45, 2.75) is 12.5 Å². The number of anilines is 2. The Hall–Kier alpha value is -2.82. The minimum absolute atomic E-state index is 0.158. The summed E-state index contributed by atoms with van der Waals surface area (Å²) in [6.45, 7) is 0. The number of hydrogen-bond donors (Lipinski definition) is 3. The number of carboxylic acid groups (broad SMARTS) is 1. The molecule has 0 aliphatic carbocycles. The molecule has 0 radical (unpaired) electrons. The zero-order chi connectivity index (χ0) is 14.8. The van der Waals surface area contributed by atoms with Crippen molar-refractivity contribution in [1.82, 2.24) is 0 Å². The fraction of sp³-hybridized carbons (Fsp3) is 0.125. The van der Waals surface area contributed by atoms with E-state index >= 15 is 0 Å². The quantitative estimate of drug-likeness (QED) is 0.807. The highest BCUT2D eigenvalue weighted by Gasteiger charge is 2.28. The minimum Gasteiger partial charge on any atom is -0.478 e. The fourth-order valence-corrected chi connectivity index (χ4v) is 2.44. The Labute approximate surface area is 121 Å². The molecule has 0 aromatic heterocycles. The molecule has 5 heteroatoms. The number of aromatic carboxylic acids is 1. The Morgan fingerprint density at radius 3 is 2.57 bits per heavy atom. The predicted octanol–water partition coefficient (Wildman–Crippen LogP) is 2.36. The molecule has 2 aromatic rings. The topological polar surface area (TPSA) is 78.4 Å². The highest BCUT2D eigenvalue weighted by atomic mass is 16.4. The minimum atomic E-state index is -1.02. The summed E-state index contributed by atoms with van der Waals surface area (Å²) in [5.74, 6) is -1.18. The smallest absolute Gasteiger partial charge is 0.337 e. The Kier molecular flexibility index (Phi) is 3.31. The number of rotatable bonds is 3. The molecule has 5 nitrogen and oxygen atoms in total. The van der Waals surface area contributed by atoms with Crippen LogP contribution in [0.1, 0.15) is 15.9 Å². The second-order valence-corrected chi connectivity index (χ2v) is 4.91. The summed E-state index contributed by atoms with van der Waals surface area (Å²) < 4.78 is 0. The van der Waals surface area contributed by atoms with Crippen molar-refractivity contribution < 1.29 is 14.7 Å². The summed E-state index contributed by atoms with van der Waals surface area (Å²) in [6, 6.07) is 13.9. The van der Waals surface area contributed by atoms with Crippen LogP contribution in [-0.2, 0) is 11.2 Å². The van der Waals surface area contributed by atoms with E-state index in [4.69, 9.17) is 0 Å². The third-order valence-electron chi connectivity index (χ3n) is 3.47. The lowest BCUT2D eigenvalue weighted by molar-refractivity contribution is -0.117. The van der Waals surface area contributed by atoms with Crippen LogP contribution < -0.4 is 10.6 Å². The van der Waals surface area contributed by atoms with Gasteiger partial charge in [0.2, 0.25) is 5.91 Å². The van der Waals surface area contributed by atoms with Gasteiger partial charge in [-0.1, -0.05) is 36.4 Å². The van der Waals surface area contributed by atoms with Crippen molar-refractivity contribution >= 4 is 23.3 Å². The molecule has 0 spiro atoms. The lowest BCUT2D eigenvalue weighted by Crippen LogP contribution is -2.41. The van der Waals surface area contributed by atoms with Gasteiger partial charge in [0.25, 0.3) is 0 Å². The van der Waals surface area contributed by atoms with Crippen molar-refractivity contribution in [2.75, 3.05) is 10.6 Å². The van der Waals surface area contributed by atoms with Crippen molar-refractivity contribution in [3.05, 3.63) is 59.7 Å². The molecule has 3 N–H and O–H groups in total. The van der Waals surface area contributed by atoms with Crippen LogP contribution in [0.4, 0.5) is 11.4 Å². The van der Waals surface area contributed by atoms with E-state index in [1.807, 2.05) is 30.3 Å². The molecule has 1 amide bonds. The van der Waals surface area contributed by atoms with Crippen LogP contribution in [0, 0.1) is 0 Å². The molecule has 1 unspecified atom stereocenters. The molecule has 0 saturated carbocycles. The molecule has 1 aliphatic rings. The summed E-state index contributed by atoms with van der Waals surface area (Å²) in [5, 5.41) is 15.0. The van der Waals surface area contributed by atoms with E-state index in [9.17, 15) is 14.7 Å². The molecule has 2 aromatic carbocycles. The molecule has 21 heavy (non-hydrogen) atoms. The molecule has 1 heterocycles. The zero-order valence-corrected chi connectivity index (χ0v) is 11.2. The first kappa shape index (κ1) is 13.2. The van der Waals surface area contributed by atoms with Gasteiger partial charge in [0.1, 0.15) is 6.04 Å². The molecule has 106 valence electrons. The Balaban J connectivity index is 1.90. The number of carbonyl (C=O) groups excluding carboxylic acids is 1. The maximum absolute atomic E-state index is 12.1. The average Bonchev–Trinajstić information content (AvgIpc) is 2.48. The second-order valence-electron chi connectivity index (χ2n) is 4.91. The van der Waals surface area contributed by atoms with Gasteiger partial charge in [-0.05, 0) is 17.7 Å². The van der Waals surface area contributed by atoms with Gasteiger partial charge in [0.05, 0.1) is 16.9 Å². The first-order chi connectivity index (χ1) is 10.1. The number of nitrogens with one attached hydrogen (secondary N) is 2. The number of carboxylic acids is 1. The van der Waals surface area contributed by atoms with Crippen LogP contribution in [0.25, 0.3) is 0 Å². The van der Waals surface area contributed by atoms with Gasteiger partial charge in [-0.3, -0.25) is 4.79 Å². The van der Waals surface area contributed by atoms with Crippen molar-refractivity contribution in [1.29, 1.82) is 0 Å². The summed E-state index contributed by atoms with van der Waals surface area (Å²) in [7, 11) is 0. The zero-order valence-electron chi connectivity index (χ0n) is 11.2. The fourth-order valence-electron chi connectivity index (χ4n) is 2.44. The molecule has 1 aliphatic heterocycles. The number of carbonyl (C=O) groups is 2. The largest absolute Gasteiger partial charge is 0.478 e. The van der Waals surface area contributed by atoms with Crippen LogP contribution in [0.15, 0.2) is 48.5 Å². The number of para-hydroxylation sites is 1. The summed E-state index contributed by atoms with van der Waals surface area (Å²) >= 11 is 0. The second kappa shape index (κ2) is 5.28. The van der Waals surface area contributed by atoms with Crippen LogP contribution in [0.5, 0.6) is 0 Å². The van der Waals surface area contributed by atoms with E-state index in [-0.39, 0.29) is 11.5 Å². The number of hydrogen-bond acceptors (Lipinski definition) is 3. The highest BCUT2D eigenvalue weighted by Crippen LogP contribution is 2.31. The lowest BCUT2D eigenvalue weighted by atomic mass is 10.0. The summed E-state index contributed by atoms with van der Waals surface area (Å²) in [5.41, 5.74) is 2.14. The van der Waals surface area contributed by atoms with Crippen molar-refractivity contribution in [3.8, 4) is 0 Å².